The van der Waals surface area contributed by atoms with E-state index < -0.39 is 0 Å². The summed E-state index contributed by atoms with van der Waals surface area (Å²) >= 11 is 5.40. The second kappa shape index (κ2) is 3.45. The van der Waals surface area contributed by atoms with Crippen LogP contribution in [0, 0.1) is 0 Å². The van der Waals surface area contributed by atoms with Gasteiger partial charge >= 0.3 is 0 Å². The molecule has 0 amide bonds. The van der Waals surface area contributed by atoms with Gasteiger partial charge in [-0.2, -0.15) is 0 Å². The molecule has 0 aromatic carbocycles. The number of nitrogens with one attached hydrogen (secondary N) is 1. The van der Waals surface area contributed by atoms with E-state index in [1.807, 2.05) is 0 Å². The van der Waals surface area contributed by atoms with Gasteiger partial charge in [-0.05, 0) is 51.7 Å². The first kappa shape index (κ1) is 9.25. The van der Waals surface area contributed by atoms with Crippen LogP contribution in [0.1, 0.15) is 39.5 Å². The van der Waals surface area contributed by atoms with Crippen LogP contribution in [0.5, 0.6) is 0 Å². The molecule has 2 fully saturated rings. The molecular formula is C10H18N2S. The van der Waals surface area contributed by atoms with Crippen LogP contribution in [0.2, 0.25) is 0 Å². The summed E-state index contributed by atoms with van der Waals surface area (Å²) in [4.78, 5) is 2.44. The first-order valence-electron chi connectivity index (χ1n) is 5.27. The second-order valence-corrected chi connectivity index (χ2v) is 4.86. The first-order valence-corrected chi connectivity index (χ1v) is 5.68. The number of rotatable bonds is 1. The SMILES string of the molecule is CC(C)NC(=S)N1C2CCC1CC2. The summed E-state index contributed by atoms with van der Waals surface area (Å²) in [7, 11) is 0. The van der Waals surface area contributed by atoms with Crippen LogP contribution < -0.4 is 5.32 Å². The van der Waals surface area contributed by atoms with Crippen LogP contribution in [0.4, 0.5) is 0 Å². The van der Waals surface area contributed by atoms with E-state index in [1.54, 1.807) is 0 Å². The quantitative estimate of drug-likeness (QED) is 0.648. The van der Waals surface area contributed by atoms with Crippen molar-refractivity contribution in [3.63, 3.8) is 0 Å². The Bertz CT molecular complexity index is 195. The summed E-state index contributed by atoms with van der Waals surface area (Å²) in [5.41, 5.74) is 0. The largest absolute Gasteiger partial charge is 0.360 e. The van der Waals surface area contributed by atoms with Crippen LogP contribution in [-0.2, 0) is 0 Å². The van der Waals surface area contributed by atoms with E-state index in [0.717, 1.165) is 17.2 Å². The van der Waals surface area contributed by atoms with Gasteiger partial charge in [-0.3, -0.25) is 0 Å². The third-order valence-electron chi connectivity index (χ3n) is 3.10. The fourth-order valence-electron chi connectivity index (χ4n) is 2.57. The Morgan fingerprint density at radius 2 is 1.69 bits per heavy atom. The van der Waals surface area contributed by atoms with Gasteiger partial charge in [-0.25, -0.2) is 0 Å². The number of thiocarbonyl (C=S) groups is 1. The summed E-state index contributed by atoms with van der Waals surface area (Å²) in [6, 6.07) is 1.97. The Morgan fingerprint density at radius 1 is 1.23 bits per heavy atom. The summed E-state index contributed by atoms with van der Waals surface area (Å²) in [6.45, 7) is 4.29. The molecule has 0 atom stereocenters. The number of hydrogen-bond donors (Lipinski definition) is 1. The third-order valence-corrected chi connectivity index (χ3v) is 3.43. The molecule has 0 aliphatic carbocycles. The molecule has 1 N–H and O–H groups in total. The lowest BCUT2D eigenvalue weighted by molar-refractivity contribution is 0.388. The molecule has 2 heterocycles. The number of fused-ring (bicyclic) bond motifs is 2. The minimum absolute atomic E-state index is 0.465. The monoisotopic (exact) mass is 198 g/mol. The van der Waals surface area contributed by atoms with Gasteiger partial charge in [0.1, 0.15) is 0 Å². The summed E-state index contributed by atoms with van der Waals surface area (Å²) in [6.07, 6.45) is 5.41. The molecule has 0 saturated carbocycles. The van der Waals surface area contributed by atoms with Gasteiger partial charge in [0.05, 0.1) is 0 Å². The standard InChI is InChI=1S/C10H18N2S/c1-7(2)11-10(13)12-8-3-4-9(12)6-5-8/h7-9H,3-6H2,1-2H3,(H,11,13). The van der Waals surface area contributed by atoms with Gasteiger partial charge in [0.25, 0.3) is 0 Å². The lowest BCUT2D eigenvalue weighted by Gasteiger charge is -2.26. The highest BCUT2D eigenvalue weighted by Gasteiger charge is 2.40. The summed E-state index contributed by atoms with van der Waals surface area (Å²) < 4.78 is 0. The fraction of sp³-hybridized carbons (Fsp3) is 0.900. The van der Waals surface area contributed by atoms with Gasteiger partial charge in [0, 0.05) is 18.1 Å². The molecule has 2 rings (SSSR count). The van der Waals surface area contributed by atoms with Crippen LogP contribution in [0.15, 0.2) is 0 Å². The highest BCUT2D eigenvalue weighted by molar-refractivity contribution is 7.80. The highest BCUT2D eigenvalue weighted by atomic mass is 32.1. The molecule has 0 aromatic heterocycles. The van der Waals surface area contributed by atoms with Crippen molar-refractivity contribution in [2.45, 2.75) is 57.7 Å². The van der Waals surface area contributed by atoms with Crippen LogP contribution >= 0.6 is 12.2 Å². The minimum atomic E-state index is 0.465. The maximum atomic E-state index is 5.40. The van der Waals surface area contributed by atoms with Gasteiger partial charge in [-0.15, -0.1) is 0 Å². The molecule has 0 spiro atoms. The predicted molar refractivity (Wildman–Crippen MR) is 58.8 cm³/mol. The Hall–Kier alpha value is -0.310. The molecule has 0 unspecified atom stereocenters. The van der Waals surface area contributed by atoms with Gasteiger partial charge in [0.15, 0.2) is 5.11 Å². The molecule has 0 aromatic rings. The molecule has 2 saturated heterocycles. The first-order chi connectivity index (χ1) is 6.18. The normalized spacial score (nSPS) is 31.5. The topological polar surface area (TPSA) is 15.3 Å². The molecule has 2 aliphatic heterocycles. The second-order valence-electron chi connectivity index (χ2n) is 4.47. The molecule has 2 aliphatic rings. The highest BCUT2D eigenvalue weighted by Crippen LogP contribution is 2.37. The van der Waals surface area contributed by atoms with E-state index >= 15 is 0 Å². The van der Waals surface area contributed by atoms with Crippen molar-refractivity contribution in [3.8, 4) is 0 Å². The van der Waals surface area contributed by atoms with Crippen molar-refractivity contribution < 1.29 is 0 Å². The van der Waals surface area contributed by atoms with Gasteiger partial charge < -0.3 is 10.2 Å². The molecule has 2 bridgehead atoms. The van der Waals surface area contributed by atoms with Crippen molar-refractivity contribution in [2.24, 2.45) is 0 Å². The Kier molecular flexibility index (Phi) is 2.45. The van der Waals surface area contributed by atoms with Crippen LogP contribution in [0.25, 0.3) is 0 Å². The summed E-state index contributed by atoms with van der Waals surface area (Å²) in [5, 5.41) is 4.33. The van der Waals surface area contributed by atoms with Crippen molar-refractivity contribution in [1.29, 1.82) is 0 Å². The number of hydrogen-bond acceptors (Lipinski definition) is 1. The van der Waals surface area contributed by atoms with E-state index in [2.05, 4.69) is 24.1 Å². The Morgan fingerprint density at radius 3 is 2.08 bits per heavy atom. The predicted octanol–water partition coefficient (Wildman–Crippen LogP) is 1.90. The average Bonchev–Trinajstić information content (AvgIpc) is 2.60. The van der Waals surface area contributed by atoms with Gasteiger partial charge in [-0.1, -0.05) is 0 Å². The smallest absolute Gasteiger partial charge is 0.169 e. The zero-order valence-corrected chi connectivity index (χ0v) is 9.23. The van der Waals surface area contributed by atoms with Crippen molar-refractivity contribution in [3.05, 3.63) is 0 Å². The van der Waals surface area contributed by atoms with Crippen molar-refractivity contribution in [1.82, 2.24) is 10.2 Å². The van der Waals surface area contributed by atoms with E-state index in [4.69, 9.17) is 12.2 Å². The fourth-order valence-corrected chi connectivity index (χ4v) is 3.10. The van der Waals surface area contributed by atoms with E-state index in [-0.39, 0.29) is 0 Å². The van der Waals surface area contributed by atoms with E-state index in [9.17, 15) is 0 Å². The van der Waals surface area contributed by atoms with Crippen LogP contribution in [0.3, 0.4) is 0 Å². The molecular weight excluding hydrogens is 180 g/mol. The van der Waals surface area contributed by atoms with E-state index in [1.165, 1.54) is 25.7 Å². The number of nitrogens with zero attached hydrogens (tertiary/aromatic N) is 1. The maximum absolute atomic E-state index is 5.40. The lowest BCUT2D eigenvalue weighted by Crippen LogP contribution is -2.45. The molecule has 0 radical (unpaired) electrons. The third kappa shape index (κ3) is 1.66. The minimum Gasteiger partial charge on any atom is -0.360 e. The maximum Gasteiger partial charge on any atom is 0.169 e. The van der Waals surface area contributed by atoms with Crippen LogP contribution in [-0.4, -0.2) is 28.1 Å². The van der Waals surface area contributed by atoms with Crippen molar-refractivity contribution in [2.75, 3.05) is 0 Å². The van der Waals surface area contributed by atoms with Gasteiger partial charge in [0.2, 0.25) is 0 Å². The molecule has 2 nitrogen and oxygen atoms in total. The molecule has 13 heavy (non-hydrogen) atoms. The zero-order chi connectivity index (χ0) is 9.42. The molecule has 74 valence electrons. The van der Waals surface area contributed by atoms with E-state index in [0.29, 0.717) is 6.04 Å². The Balaban J connectivity index is 1.97. The average molecular weight is 198 g/mol. The molecule has 3 heteroatoms. The van der Waals surface area contributed by atoms with Crippen molar-refractivity contribution >= 4 is 17.3 Å². The zero-order valence-electron chi connectivity index (χ0n) is 8.42. The Labute approximate surface area is 85.7 Å². The summed E-state index contributed by atoms with van der Waals surface area (Å²) in [5.74, 6) is 0. The lowest BCUT2D eigenvalue weighted by atomic mass is 10.0.